The Morgan fingerprint density at radius 2 is 2.24 bits per heavy atom. The summed E-state index contributed by atoms with van der Waals surface area (Å²) in [4.78, 5) is 23.3. The van der Waals surface area contributed by atoms with Gasteiger partial charge < -0.3 is 14.2 Å². The molecule has 6 nitrogen and oxygen atoms in total. The molecule has 25 heavy (non-hydrogen) atoms. The van der Waals surface area contributed by atoms with Gasteiger partial charge in [0, 0.05) is 44.2 Å². The smallest absolute Gasteiger partial charge is 0.224 e. The predicted octanol–water partition coefficient (Wildman–Crippen LogP) is 2.46. The van der Waals surface area contributed by atoms with E-state index in [1.807, 2.05) is 48.6 Å². The Labute approximate surface area is 148 Å². The minimum absolute atomic E-state index is 0.181. The van der Waals surface area contributed by atoms with Crippen molar-refractivity contribution in [2.45, 2.75) is 38.6 Å². The molecule has 1 atom stereocenters. The molecule has 0 aliphatic carbocycles. The van der Waals surface area contributed by atoms with Gasteiger partial charge in [0.2, 0.25) is 5.91 Å². The van der Waals surface area contributed by atoms with Gasteiger partial charge in [-0.05, 0) is 31.9 Å². The molecule has 3 rings (SSSR count). The predicted molar refractivity (Wildman–Crippen MR) is 95.2 cm³/mol. The highest BCUT2D eigenvalue weighted by atomic mass is 16.5. The van der Waals surface area contributed by atoms with Crippen molar-refractivity contribution in [3.8, 4) is 0 Å². The van der Waals surface area contributed by atoms with Crippen LogP contribution in [-0.4, -0.2) is 51.6 Å². The molecule has 3 heterocycles. The Bertz CT molecular complexity index is 671. The number of nitrogens with zero attached hydrogens (tertiary/aromatic N) is 4. The largest absolute Gasteiger partial charge is 0.381 e. The fourth-order valence-electron chi connectivity index (χ4n) is 3.36. The van der Waals surface area contributed by atoms with Crippen LogP contribution in [0.5, 0.6) is 0 Å². The van der Waals surface area contributed by atoms with E-state index < -0.39 is 0 Å². The summed E-state index contributed by atoms with van der Waals surface area (Å²) < 4.78 is 7.46. The maximum Gasteiger partial charge on any atom is 0.224 e. The van der Waals surface area contributed by atoms with Crippen LogP contribution >= 0.6 is 0 Å². The molecule has 134 valence electrons. The van der Waals surface area contributed by atoms with Gasteiger partial charge in [-0.1, -0.05) is 6.07 Å². The molecule has 1 fully saturated rings. The number of piperidine rings is 1. The summed E-state index contributed by atoms with van der Waals surface area (Å²) in [5.41, 5.74) is 1.02. The Balaban J connectivity index is 1.64. The van der Waals surface area contributed by atoms with Crippen molar-refractivity contribution >= 4 is 5.91 Å². The van der Waals surface area contributed by atoms with Crippen LogP contribution in [-0.2, 0) is 16.1 Å². The number of hydrogen-bond donors (Lipinski definition) is 0. The molecule has 2 aromatic rings. The third-order valence-corrected chi connectivity index (χ3v) is 4.61. The van der Waals surface area contributed by atoms with Crippen molar-refractivity contribution in [3.63, 3.8) is 0 Å². The average molecular weight is 342 g/mol. The second-order valence-electron chi connectivity index (χ2n) is 6.36. The topological polar surface area (TPSA) is 60.2 Å². The lowest BCUT2D eigenvalue weighted by atomic mass is 9.96. The van der Waals surface area contributed by atoms with Crippen LogP contribution in [0, 0.1) is 0 Å². The normalized spacial score (nSPS) is 17.6. The summed E-state index contributed by atoms with van der Waals surface area (Å²) in [6, 6.07) is 5.94. The van der Waals surface area contributed by atoms with Crippen LogP contribution in [0.3, 0.4) is 0 Å². The summed E-state index contributed by atoms with van der Waals surface area (Å²) in [6.45, 7) is 5.39. The molecule has 1 amide bonds. The SMILES string of the molecule is CCOCCC(=O)N1CCCC(c2nccn2Cc2ccccn2)C1. The van der Waals surface area contributed by atoms with Crippen molar-refractivity contribution in [1.29, 1.82) is 0 Å². The number of pyridine rings is 1. The quantitative estimate of drug-likeness (QED) is 0.725. The van der Waals surface area contributed by atoms with Crippen molar-refractivity contribution in [1.82, 2.24) is 19.4 Å². The van der Waals surface area contributed by atoms with E-state index in [0.717, 1.165) is 37.4 Å². The molecule has 1 saturated heterocycles. The van der Waals surface area contributed by atoms with E-state index in [1.54, 1.807) is 0 Å². The number of imidazole rings is 1. The van der Waals surface area contributed by atoms with Crippen LogP contribution in [0.4, 0.5) is 0 Å². The summed E-state index contributed by atoms with van der Waals surface area (Å²) >= 11 is 0. The first-order chi connectivity index (χ1) is 12.3. The van der Waals surface area contributed by atoms with Gasteiger partial charge in [-0.15, -0.1) is 0 Å². The second-order valence-corrected chi connectivity index (χ2v) is 6.36. The fourth-order valence-corrected chi connectivity index (χ4v) is 3.36. The maximum atomic E-state index is 12.4. The molecule has 0 spiro atoms. The maximum absolute atomic E-state index is 12.4. The molecule has 0 radical (unpaired) electrons. The number of aromatic nitrogens is 3. The first kappa shape index (κ1) is 17.6. The van der Waals surface area contributed by atoms with E-state index in [-0.39, 0.29) is 11.8 Å². The summed E-state index contributed by atoms with van der Waals surface area (Å²) in [6.07, 6.45) is 8.19. The second kappa shape index (κ2) is 8.76. The average Bonchev–Trinajstić information content (AvgIpc) is 3.11. The lowest BCUT2D eigenvalue weighted by Gasteiger charge is -2.32. The van der Waals surface area contributed by atoms with Gasteiger partial charge in [-0.3, -0.25) is 9.78 Å². The van der Waals surface area contributed by atoms with Gasteiger partial charge in [0.25, 0.3) is 0 Å². The van der Waals surface area contributed by atoms with Crippen molar-refractivity contribution < 1.29 is 9.53 Å². The summed E-state index contributed by atoms with van der Waals surface area (Å²) in [5, 5.41) is 0. The highest BCUT2D eigenvalue weighted by Crippen LogP contribution is 2.26. The Kier molecular flexibility index (Phi) is 6.17. The van der Waals surface area contributed by atoms with E-state index in [0.29, 0.717) is 26.2 Å². The zero-order valence-corrected chi connectivity index (χ0v) is 14.8. The van der Waals surface area contributed by atoms with Crippen LogP contribution in [0.2, 0.25) is 0 Å². The van der Waals surface area contributed by atoms with Crippen molar-refractivity contribution in [2.24, 2.45) is 0 Å². The number of rotatable bonds is 7. The molecule has 1 aliphatic heterocycles. The Hall–Kier alpha value is -2.21. The lowest BCUT2D eigenvalue weighted by Crippen LogP contribution is -2.40. The van der Waals surface area contributed by atoms with Crippen molar-refractivity contribution in [3.05, 3.63) is 48.3 Å². The highest BCUT2D eigenvalue weighted by Gasteiger charge is 2.27. The van der Waals surface area contributed by atoms with Gasteiger partial charge in [0.1, 0.15) is 5.82 Å². The third-order valence-electron chi connectivity index (χ3n) is 4.61. The molecule has 0 saturated carbocycles. The minimum atomic E-state index is 0.181. The van der Waals surface area contributed by atoms with Crippen LogP contribution in [0.25, 0.3) is 0 Å². The minimum Gasteiger partial charge on any atom is -0.381 e. The number of amides is 1. The Morgan fingerprint density at radius 1 is 1.32 bits per heavy atom. The molecule has 6 heteroatoms. The molecule has 0 N–H and O–H groups in total. The van der Waals surface area contributed by atoms with Gasteiger partial charge in [-0.2, -0.15) is 0 Å². The van der Waals surface area contributed by atoms with Gasteiger partial charge in [-0.25, -0.2) is 4.98 Å². The lowest BCUT2D eigenvalue weighted by molar-refractivity contribution is -0.133. The van der Waals surface area contributed by atoms with E-state index in [9.17, 15) is 4.79 Å². The summed E-state index contributed by atoms with van der Waals surface area (Å²) in [7, 11) is 0. The highest BCUT2D eigenvalue weighted by molar-refractivity contribution is 5.76. The number of hydrogen-bond acceptors (Lipinski definition) is 4. The van der Waals surface area contributed by atoms with Crippen molar-refractivity contribution in [2.75, 3.05) is 26.3 Å². The number of carbonyl (C=O) groups is 1. The molecule has 1 aliphatic rings. The first-order valence-electron chi connectivity index (χ1n) is 9.04. The fraction of sp³-hybridized carbons (Fsp3) is 0.526. The zero-order valence-electron chi connectivity index (χ0n) is 14.8. The van der Waals surface area contributed by atoms with Gasteiger partial charge >= 0.3 is 0 Å². The van der Waals surface area contributed by atoms with Crippen LogP contribution < -0.4 is 0 Å². The number of ether oxygens (including phenoxy) is 1. The van der Waals surface area contributed by atoms with Gasteiger partial charge in [0.15, 0.2) is 0 Å². The zero-order chi connectivity index (χ0) is 17.5. The molecular formula is C19H26N4O2. The number of likely N-dealkylation sites (tertiary alicyclic amines) is 1. The third kappa shape index (κ3) is 4.66. The number of carbonyl (C=O) groups excluding carboxylic acids is 1. The molecule has 0 aromatic carbocycles. The molecular weight excluding hydrogens is 316 g/mol. The standard InChI is InChI=1S/C19H26N4O2/c1-2-25-13-8-18(24)22-11-5-6-16(14-22)19-21-10-12-23(19)15-17-7-3-4-9-20-17/h3-4,7,9-10,12,16H,2,5-6,8,11,13-15H2,1H3. The van der Waals surface area contributed by atoms with E-state index in [1.165, 1.54) is 0 Å². The van der Waals surface area contributed by atoms with E-state index in [2.05, 4.69) is 14.5 Å². The van der Waals surface area contributed by atoms with E-state index in [4.69, 9.17) is 4.74 Å². The Morgan fingerprint density at radius 3 is 3.04 bits per heavy atom. The summed E-state index contributed by atoms with van der Waals surface area (Å²) in [5.74, 6) is 1.51. The molecule has 2 aromatic heterocycles. The van der Waals surface area contributed by atoms with Gasteiger partial charge in [0.05, 0.1) is 25.3 Å². The molecule has 0 bridgehead atoms. The molecule has 1 unspecified atom stereocenters. The first-order valence-corrected chi connectivity index (χ1v) is 9.04. The van der Waals surface area contributed by atoms with E-state index >= 15 is 0 Å². The van der Waals surface area contributed by atoms with Crippen LogP contribution in [0.15, 0.2) is 36.8 Å². The monoisotopic (exact) mass is 342 g/mol. The van der Waals surface area contributed by atoms with Crippen LogP contribution in [0.1, 0.15) is 43.6 Å².